The fourth-order valence-electron chi connectivity index (χ4n) is 3.28. The summed E-state index contributed by atoms with van der Waals surface area (Å²) in [5, 5.41) is 6.75. The highest BCUT2D eigenvalue weighted by molar-refractivity contribution is 5.79. The predicted molar refractivity (Wildman–Crippen MR) is 116 cm³/mol. The average molecular weight is 405 g/mol. The molecule has 0 bridgehead atoms. The first kappa shape index (κ1) is 22.8. The molecule has 1 aliphatic rings. The van der Waals surface area contributed by atoms with Crippen LogP contribution in [-0.4, -0.2) is 56.3 Å². The first-order valence-electron chi connectivity index (χ1n) is 10.3. The van der Waals surface area contributed by atoms with Gasteiger partial charge in [-0.1, -0.05) is 12.1 Å². The smallest absolute Gasteiger partial charge is 0.410 e. The number of ether oxygens (including phenoxy) is 2. The predicted octanol–water partition coefficient (Wildman–Crippen LogP) is 3.32. The van der Waals surface area contributed by atoms with Gasteiger partial charge in [0.2, 0.25) is 0 Å². The zero-order chi connectivity index (χ0) is 21.4. The van der Waals surface area contributed by atoms with Crippen molar-refractivity contribution in [1.29, 1.82) is 0 Å². The molecule has 29 heavy (non-hydrogen) atoms. The van der Waals surface area contributed by atoms with Crippen LogP contribution in [0.1, 0.15) is 44.7 Å². The fourth-order valence-corrected chi connectivity index (χ4v) is 3.28. The van der Waals surface area contributed by atoms with E-state index in [1.807, 2.05) is 33.8 Å². The topological polar surface area (TPSA) is 75.2 Å². The van der Waals surface area contributed by atoms with Crippen LogP contribution in [0.4, 0.5) is 4.79 Å². The van der Waals surface area contributed by atoms with Gasteiger partial charge in [0.05, 0.1) is 7.11 Å². The minimum atomic E-state index is -0.451. The van der Waals surface area contributed by atoms with Crippen molar-refractivity contribution in [2.45, 2.75) is 52.7 Å². The number of guanidine groups is 1. The van der Waals surface area contributed by atoms with Gasteiger partial charge >= 0.3 is 6.09 Å². The summed E-state index contributed by atoms with van der Waals surface area (Å²) in [6, 6.07) is 6.18. The van der Waals surface area contributed by atoms with E-state index in [2.05, 4.69) is 27.8 Å². The van der Waals surface area contributed by atoms with Gasteiger partial charge in [0.15, 0.2) is 5.96 Å². The standard InChI is InChI=1S/C22H36N4O3/c1-16-7-8-18(19(13-16)28-6)15-25-20(23-5)24-14-17-9-11-26(12-10-17)21(27)29-22(2,3)4/h7-8,13,17H,9-12,14-15H2,1-6H3,(H2,23,24,25). The van der Waals surface area contributed by atoms with Crippen LogP contribution in [0, 0.1) is 12.8 Å². The highest BCUT2D eigenvalue weighted by atomic mass is 16.6. The molecular weight excluding hydrogens is 368 g/mol. The lowest BCUT2D eigenvalue weighted by molar-refractivity contribution is 0.0185. The second kappa shape index (κ2) is 10.4. The number of hydrogen-bond acceptors (Lipinski definition) is 4. The fraction of sp³-hybridized carbons (Fsp3) is 0.636. The maximum absolute atomic E-state index is 12.2. The normalized spacial score (nSPS) is 15.8. The first-order valence-corrected chi connectivity index (χ1v) is 10.3. The second-order valence-electron chi connectivity index (χ2n) is 8.53. The number of piperidine rings is 1. The molecule has 2 rings (SSSR count). The van der Waals surface area contributed by atoms with Crippen LogP contribution in [0.5, 0.6) is 5.75 Å². The molecule has 0 unspecified atom stereocenters. The zero-order valence-electron chi connectivity index (χ0n) is 18.7. The van der Waals surface area contributed by atoms with Crippen molar-refractivity contribution in [3.8, 4) is 5.75 Å². The average Bonchev–Trinajstić information content (AvgIpc) is 2.68. The number of aliphatic imine (C=N–C) groups is 1. The lowest BCUT2D eigenvalue weighted by atomic mass is 9.97. The quantitative estimate of drug-likeness (QED) is 0.582. The molecule has 2 N–H and O–H groups in total. The number of likely N-dealkylation sites (tertiary alicyclic amines) is 1. The molecule has 7 nitrogen and oxygen atoms in total. The lowest BCUT2D eigenvalue weighted by Gasteiger charge is -2.33. The van der Waals surface area contributed by atoms with Crippen LogP contribution >= 0.6 is 0 Å². The molecule has 162 valence electrons. The van der Waals surface area contributed by atoms with Crippen LogP contribution in [-0.2, 0) is 11.3 Å². The number of hydrogen-bond donors (Lipinski definition) is 2. The van der Waals surface area contributed by atoms with E-state index in [9.17, 15) is 4.79 Å². The first-order chi connectivity index (χ1) is 13.7. The van der Waals surface area contributed by atoms with Gasteiger partial charge in [-0.25, -0.2) is 4.79 Å². The number of carbonyl (C=O) groups is 1. The molecule has 1 aromatic carbocycles. The molecule has 0 spiro atoms. The van der Waals surface area contributed by atoms with Gasteiger partial charge in [0, 0.05) is 38.8 Å². The highest BCUT2D eigenvalue weighted by Gasteiger charge is 2.26. The molecule has 1 amide bonds. The van der Waals surface area contributed by atoms with E-state index in [-0.39, 0.29) is 6.09 Å². The minimum Gasteiger partial charge on any atom is -0.496 e. The molecule has 7 heteroatoms. The Morgan fingerprint density at radius 3 is 2.52 bits per heavy atom. The third-order valence-electron chi connectivity index (χ3n) is 4.94. The number of carbonyl (C=O) groups excluding carboxylic acids is 1. The van der Waals surface area contributed by atoms with Crippen LogP contribution in [0.2, 0.25) is 0 Å². The third kappa shape index (κ3) is 7.48. The summed E-state index contributed by atoms with van der Waals surface area (Å²) in [6.07, 6.45) is 1.69. The Hall–Kier alpha value is -2.44. The third-order valence-corrected chi connectivity index (χ3v) is 4.94. The van der Waals surface area contributed by atoms with Gasteiger partial charge in [-0.3, -0.25) is 4.99 Å². The molecule has 1 heterocycles. The van der Waals surface area contributed by atoms with E-state index in [4.69, 9.17) is 9.47 Å². The van der Waals surface area contributed by atoms with E-state index < -0.39 is 5.60 Å². The van der Waals surface area contributed by atoms with Gasteiger partial charge in [-0.05, 0) is 58.1 Å². The van der Waals surface area contributed by atoms with Crippen LogP contribution in [0.3, 0.4) is 0 Å². The molecular formula is C22H36N4O3. The minimum absolute atomic E-state index is 0.214. The van der Waals surface area contributed by atoms with Crippen LogP contribution in [0.15, 0.2) is 23.2 Å². The summed E-state index contributed by atoms with van der Waals surface area (Å²) in [5.74, 6) is 2.14. The van der Waals surface area contributed by atoms with E-state index in [0.717, 1.165) is 49.7 Å². The molecule has 1 aliphatic heterocycles. The zero-order valence-corrected chi connectivity index (χ0v) is 18.7. The van der Waals surface area contributed by atoms with Crippen molar-refractivity contribution >= 4 is 12.1 Å². The maximum Gasteiger partial charge on any atom is 0.410 e. The molecule has 0 atom stereocenters. The van der Waals surface area contributed by atoms with Gasteiger partial charge in [-0.15, -0.1) is 0 Å². The van der Waals surface area contributed by atoms with E-state index in [0.29, 0.717) is 12.5 Å². The number of rotatable bonds is 5. The van der Waals surface area contributed by atoms with Crippen molar-refractivity contribution in [3.63, 3.8) is 0 Å². The van der Waals surface area contributed by atoms with E-state index >= 15 is 0 Å². The Bertz CT molecular complexity index is 704. The van der Waals surface area contributed by atoms with Crippen molar-refractivity contribution in [2.75, 3.05) is 33.8 Å². The van der Waals surface area contributed by atoms with Crippen molar-refractivity contribution in [1.82, 2.24) is 15.5 Å². The van der Waals surface area contributed by atoms with Crippen molar-refractivity contribution in [2.24, 2.45) is 10.9 Å². The maximum atomic E-state index is 12.2. The molecule has 1 saturated heterocycles. The molecule has 0 radical (unpaired) electrons. The molecule has 0 saturated carbocycles. The molecule has 1 fully saturated rings. The SMILES string of the molecule is CN=C(NCc1ccc(C)cc1OC)NCC1CCN(C(=O)OC(C)(C)C)CC1. The van der Waals surface area contributed by atoms with Crippen molar-refractivity contribution in [3.05, 3.63) is 29.3 Å². The van der Waals surface area contributed by atoms with Crippen LogP contribution in [0.25, 0.3) is 0 Å². The summed E-state index contributed by atoms with van der Waals surface area (Å²) in [7, 11) is 3.46. The number of aryl methyl sites for hydroxylation is 1. The van der Waals surface area contributed by atoms with E-state index in [1.165, 1.54) is 5.56 Å². The lowest BCUT2D eigenvalue weighted by Crippen LogP contribution is -2.45. The Kier molecular flexibility index (Phi) is 8.17. The Balaban J connectivity index is 1.76. The van der Waals surface area contributed by atoms with E-state index in [1.54, 1.807) is 19.1 Å². The summed E-state index contributed by atoms with van der Waals surface area (Å²) < 4.78 is 10.9. The number of amides is 1. The Morgan fingerprint density at radius 2 is 1.93 bits per heavy atom. The molecule has 0 aliphatic carbocycles. The Morgan fingerprint density at radius 1 is 1.24 bits per heavy atom. The van der Waals surface area contributed by atoms with Gasteiger partial charge < -0.3 is 25.0 Å². The molecule has 0 aromatic heterocycles. The second-order valence-corrected chi connectivity index (χ2v) is 8.53. The summed E-state index contributed by atoms with van der Waals surface area (Å²) >= 11 is 0. The van der Waals surface area contributed by atoms with Gasteiger partial charge in [0.25, 0.3) is 0 Å². The Labute approximate surface area is 174 Å². The van der Waals surface area contributed by atoms with Gasteiger partial charge in [-0.2, -0.15) is 0 Å². The number of methoxy groups -OCH3 is 1. The number of nitrogens with one attached hydrogen (secondary N) is 2. The monoisotopic (exact) mass is 404 g/mol. The van der Waals surface area contributed by atoms with Crippen LogP contribution < -0.4 is 15.4 Å². The molecule has 1 aromatic rings. The van der Waals surface area contributed by atoms with Gasteiger partial charge in [0.1, 0.15) is 11.4 Å². The highest BCUT2D eigenvalue weighted by Crippen LogP contribution is 2.20. The number of nitrogens with zero attached hydrogens (tertiary/aromatic N) is 2. The number of benzene rings is 1. The summed E-state index contributed by atoms with van der Waals surface area (Å²) in [5.41, 5.74) is 1.81. The van der Waals surface area contributed by atoms with Crippen molar-refractivity contribution < 1.29 is 14.3 Å². The largest absolute Gasteiger partial charge is 0.496 e. The summed E-state index contributed by atoms with van der Waals surface area (Å²) in [6.45, 7) is 10.7. The summed E-state index contributed by atoms with van der Waals surface area (Å²) in [4.78, 5) is 18.3.